The zero-order chi connectivity index (χ0) is 11.6. The normalized spacial score (nSPS) is 31.2. The van der Waals surface area contributed by atoms with Crippen molar-refractivity contribution in [3.05, 3.63) is 11.6 Å². The summed E-state index contributed by atoms with van der Waals surface area (Å²) in [5.41, 5.74) is 5.13. The Kier molecular flexibility index (Phi) is 3.70. The molecule has 0 aliphatic heterocycles. The first kappa shape index (κ1) is 12.1. The van der Waals surface area contributed by atoms with Gasteiger partial charge < -0.3 is 0 Å². The molecule has 0 amide bonds. The highest BCUT2D eigenvalue weighted by Crippen LogP contribution is 2.46. The van der Waals surface area contributed by atoms with Gasteiger partial charge in [-0.1, -0.05) is 31.9 Å². The van der Waals surface area contributed by atoms with E-state index in [1.54, 1.807) is 5.57 Å². The van der Waals surface area contributed by atoms with Gasteiger partial charge in [-0.3, -0.25) is 11.3 Å². The Labute approximate surface area is 99.6 Å². The molecule has 0 aromatic heterocycles. The van der Waals surface area contributed by atoms with Crippen molar-refractivity contribution in [1.82, 2.24) is 5.43 Å². The molecule has 0 aromatic rings. The van der Waals surface area contributed by atoms with Crippen LogP contribution in [0.2, 0.25) is 0 Å². The van der Waals surface area contributed by atoms with Crippen LogP contribution in [0.4, 0.5) is 0 Å². The molecule has 92 valence electrons. The second-order valence-corrected chi connectivity index (χ2v) is 6.16. The summed E-state index contributed by atoms with van der Waals surface area (Å²) in [5.74, 6) is 6.54. The standard InChI is InChI=1S/C14H26N2/c1-14(2)10-6-9-12(14)13(16-15)11-7-4-3-5-8-11/h7,12-13,16H,3-6,8-10,15H2,1-2H3. The average molecular weight is 222 g/mol. The van der Waals surface area contributed by atoms with Crippen molar-refractivity contribution in [2.75, 3.05) is 0 Å². The predicted molar refractivity (Wildman–Crippen MR) is 68.8 cm³/mol. The summed E-state index contributed by atoms with van der Waals surface area (Å²) in [6, 6.07) is 0.429. The van der Waals surface area contributed by atoms with Crippen LogP contribution in [0.3, 0.4) is 0 Å². The van der Waals surface area contributed by atoms with E-state index in [1.165, 1.54) is 44.9 Å². The topological polar surface area (TPSA) is 38.0 Å². The molecule has 2 aliphatic carbocycles. The summed E-state index contributed by atoms with van der Waals surface area (Å²) in [5, 5.41) is 0. The van der Waals surface area contributed by atoms with Crippen molar-refractivity contribution >= 4 is 0 Å². The summed E-state index contributed by atoms with van der Waals surface area (Å²) < 4.78 is 0. The number of allylic oxidation sites excluding steroid dienone is 1. The lowest BCUT2D eigenvalue weighted by molar-refractivity contribution is 0.211. The van der Waals surface area contributed by atoms with Crippen molar-refractivity contribution in [2.45, 2.75) is 64.8 Å². The molecule has 0 radical (unpaired) electrons. The van der Waals surface area contributed by atoms with Gasteiger partial charge in [-0.25, -0.2) is 0 Å². The first-order chi connectivity index (χ1) is 7.65. The summed E-state index contributed by atoms with van der Waals surface area (Å²) in [6.07, 6.45) is 11.7. The lowest BCUT2D eigenvalue weighted by Gasteiger charge is -2.36. The molecular formula is C14H26N2. The molecule has 3 N–H and O–H groups in total. The quantitative estimate of drug-likeness (QED) is 0.437. The Morgan fingerprint density at radius 2 is 2.19 bits per heavy atom. The SMILES string of the molecule is CC1(C)CCCC1C(NN)C1=CCCCC1. The van der Waals surface area contributed by atoms with E-state index in [0.29, 0.717) is 11.5 Å². The Hall–Kier alpha value is -0.340. The summed E-state index contributed by atoms with van der Waals surface area (Å²) in [4.78, 5) is 0. The van der Waals surface area contributed by atoms with Crippen LogP contribution in [0, 0.1) is 11.3 Å². The lowest BCUT2D eigenvalue weighted by Crippen LogP contribution is -2.46. The van der Waals surface area contributed by atoms with Gasteiger partial charge in [0.05, 0.1) is 0 Å². The van der Waals surface area contributed by atoms with Crippen LogP contribution >= 0.6 is 0 Å². The summed E-state index contributed by atoms with van der Waals surface area (Å²) in [7, 11) is 0. The van der Waals surface area contributed by atoms with E-state index in [-0.39, 0.29) is 0 Å². The first-order valence-electron chi connectivity index (χ1n) is 6.80. The monoisotopic (exact) mass is 222 g/mol. The van der Waals surface area contributed by atoms with Gasteiger partial charge >= 0.3 is 0 Å². The van der Waals surface area contributed by atoms with Gasteiger partial charge in [-0.2, -0.15) is 0 Å². The Morgan fingerprint density at radius 1 is 1.38 bits per heavy atom. The maximum absolute atomic E-state index is 5.81. The third-order valence-electron chi connectivity index (χ3n) is 4.65. The van der Waals surface area contributed by atoms with Crippen LogP contribution in [0.15, 0.2) is 11.6 Å². The molecule has 0 spiro atoms. The first-order valence-corrected chi connectivity index (χ1v) is 6.80. The van der Waals surface area contributed by atoms with Crippen LogP contribution in [0.1, 0.15) is 58.8 Å². The minimum Gasteiger partial charge on any atom is -0.271 e. The highest BCUT2D eigenvalue weighted by molar-refractivity contribution is 5.16. The average Bonchev–Trinajstić information content (AvgIpc) is 2.62. The lowest BCUT2D eigenvalue weighted by atomic mass is 9.74. The van der Waals surface area contributed by atoms with E-state index in [4.69, 9.17) is 5.84 Å². The van der Waals surface area contributed by atoms with Gasteiger partial charge in [0, 0.05) is 6.04 Å². The molecule has 2 heteroatoms. The number of hydrogen-bond donors (Lipinski definition) is 2. The van der Waals surface area contributed by atoms with Crippen molar-refractivity contribution < 1.29 is 0 Å². The van der Waals surface area contributed by atoms with Crippen LogP contribution in [0.25, 0.3) is 0 Å². The van der Waals surface area contributed by atoms with E-state index >= 15 is 0 Å². The molecule has 0 bridgehead atoms. The molecule has 2 unspecified atom stereocenters. The van der Waals surface area contributed by atoms with Crippen LogP contribution in [-0.2, 0) is 0 Å². The largest absolute Gasteiger partial charge is 0.271 e. The summed E-state index contributed by atoms with van der Waals surface area (Å²) in [6.45, 7) is 4.80. The Bertz CT molecular complexity index is 268. The van der Waals surface area contributed by atoms with E-state index in [2.05, 4.69) is 25.3 Å². The Morgan fingerprint density at radius 3 is 2.69 bits per heavy atom. The summed E-state index contributed by atoms with van der Waals surface area (Å²) >= 11 is 0. The molecule has 2 nitrogen and oxygen atoms in total. The fourth-order valence-electron chi connectivity index (χ4n) is 3.60. The molecule has 1 fully saturated rings. The number of rotatable bonds is 3. The van der Waals surface area contributed by atoms with E-state index in [9.17, 15) is 0 Å². The molecular weight excluding hydrogens is 196 g/mol. The van der Waals surface area contributed by atoms with E-state index in [0.717, 1.165) is 5.92 Å². The van der Waals surface area contributed by atoms with Crippen molar-refractivity contribution in [3.8, 4) is 0 Å². The minimum atomic E-state index is 0.429. The van der Waals surface area contributed by atoms with Crippen LogP contribution < -0.4 is 11.3 Å². The number of nitrogens with one attached hydrogen (secondary N) is 1. The third kappa shape index (κ3) is 2.33. The van der Waals surface area contributed by atoms with Gasteiger partial charge in [0.25, 0.3) is 0 Å². The van der Waals surface area contributed by atoms with Crippen LogP contribution in [-0.4, -0.2) is 6.04 Å². The highest BCUT2D eigenvalue weighted by atomic mass is 15.2. The van der Waals surface area contributed by atoms with Gasteiger partial charge in [0.15, 0.2) is 0 Å². The molecule has 1 saturated carbocycles. The van der Waals surface area contributed by atoms with Crippen molar-refractivity contribution in [1.29, 1.82) is 0 Å². The van der Waals surface area contributed by atoms with Crippen molar-refractivity contribution in [2.24, 2.45) is 17.2 Å². The second-order valence-electron chi connectivity index (χ2n) is 6.16. The van der Waals surface area contributed by atoms with E-state index in [1.807, 2.05) is 0 Å². The molecule has 2 atom stereocenters. The predicted octanol–water partition coefficient (Wildman–Crippen LogP) is 3.15. The number of hydrogen-bond acceptors (Lipinski definition) is 2. The molecule has 0 heterocycles. The molecule has 2 rings (SSSR count). The van der Waals surface area contributed by atoms with Crippen LogP contribution in [0.5, 0.6) is 0 Å². The van der Waals surface area contributed by atoms with Gasteiger partial charge in [-0.05, 0) is 49.9 Å². The highest BCUT2D eigenvalue weighted by Gasteiger charge is 2.40. The zero-order valence-electron chi connectivity index (χ0n) is 10.8. The number of hydrazine groups is 1. The fourth-order valence-corrected chi connectivity index (χ4v) is 3.60. The van der Waals surface area contributed by atoms with Gasteiger partial charge in [0.1, 0.15) is 0 Å². The number of nitrogens with two attached hydrogens (primary N) is 1. The Balaban J connectivity index is 2.12. The molecule has 0 aromatic carbocycles. The van der Waals surface area contributed by atoms with Crippen molar-refractivity contribution in [3.63, 3.8) is 0 Å². The molecule has 16 heavy (non-hydrogen) atoms. The maximum atomic E-state index is 5.81. The molecule has 0 saturated heterocycles. The van der Waals surface area contributed by atoms with Gasteiger partial charge in [-0.15, -0.1) is 0 Å². The fraction of sp³-hybridized carbons (Fsp3) is 0.857. The van der Waals surface area contributed by atoms with Gasteiger partial charge in [0.2, 0.25) is 0 Å². The minimum absolute atomic E-state index is 0.429. The zero-order valence-corrected chi connectivity index (χ0v) is 10.8. The van der Waals surface area contributed by atoms with E-state index < -0.39 is 0 Å². The molecule has 2 aliphatic rings. The second kappa shape index (κ2) is 4.89. The maximum Gasteiger partial charge on any atom is 0.0453 e. The third-order valence-corrected chi connectivity index (χ3v) is 4.65. The smallest absolute Gasteiger partial charge is 0.0453 e.